The molecule has 0 aliphatic rings. The van der Waals surface area contributed by atoms with Gasteiger partial charge in [-0.15, -0.1) is 0 Å². The Morgan fingerprint density at radius 2 is 1.35 bits per heavy atom. The Hall–Kier alpha value is -1.37. The van der Waals surface area contributed by atoms with Gasteiger partial charge in [0.2, 0.25) is 0 Å². The third kappa shape index (κ3) is 4.80. The Morgan fingerprint density at radius 1 is 0.826 bits per heavy atom. The number of benzene rings is 1. The fourth-order valence-electron chi connectivity index (χ4n) is 2.10. The molecule has 0 bridgehead atoms. The van der Waals surface area contributed by atoms with Gasteiger partial charge in [0, 0.05) is 12.4 Å². The van der Waals surface area contributed by atoms with E-state index in [0.717, 1.165) is 0 Å². The summed E-state index contributed by atoms with van der Waals surface area (Å²) in [7, 11) is -9.45. The number of hydrogen-bond acceptors (Lipinski definition) is 4. The monoisotopic (exact) mass is 358 g/mol. The first-order valence-corrected chi connectivity index (χ1v) is 9.87. The molecular formula is C13H16N2O6P2. The molecular weight excluding hydrogens is 342 g/mol. The van der Waals surface area contributed by atoms with Gasteiger partial charge in [-0.05, 0) is 17.2 Å². The fraction of sp³-hybridized carbons (Fsp3) is 0.154. The highest BCUT2D eigenvalue weighted by Gasteiger charge is 2.39. The second kappa shape index (κ2) is 7.03. The van der Waals surface area contributed by atoms with E-state index < -0.39 is 26.8 Å². The number of nitrogens with one attached hydrogen (secondary N) is 1. The van der Waals surface area contributed by atoms with Crippen molar-refractivity contribution >= 4 is 15.2 Å². The first-order valence-electron chi connectivity index (χ1n) is 6.51. The van der Waals surface area contributed by atoms with Crippen molar-refractivity contribution in [1.29, 1.82) is 0 Å². The van der Waals surface area contributed by atoms with Crippen LogP contribution in [0.3, 0.4) is 0 Å². The maximum Gasteiger partial charge on any atom is 0.346 e. The standard InChI is InChI=1S/C13H16N2O6P2/c16-22(17,18)12(10-5-2-1-3-6-10)15-13(23(19,20)21)11-7-4-8-14-9-11/h1-9,12-13,15H,(H2,16,17,18)(H2,19,20,21). The van der Waals surface area contributed by atoms with Crippen LogP contribution in [0.1, 0.15) is 22.7 Å². The highest BCUT2D eigenvalue weighted by molar-refractivity contribution is 7.53. The SMILES string of the molecule is O=P(O)(O)C(NC(c1cccnc1)P(=O)(O)O)c1ccccc1. The summed E-state index contributed by atoms with van der Waals surface area (Å²) in [5.41, 5.74) is 0.360. The Bertz CT molecular complexity index is 667. The number of hydrogen-bond donors (Lipinski definition) is 5. The average molecular weight is 358 g/mol. The minimum atomic E-state index is -4.74. The second-order valence-electron chi connectivity index (χ2n) is 4.85. The zero-order valence-corrected chi connectivity index (χ0v) is 13.6. The lowest BCUT2D eigenvalue weighted by Gasteiger charge is -2.27. The first-order chi connectivity index (χ1) is 10.7. The smallest absolute Gasteiger partial charge is 0.323 e. The van der Waals surface area contributed by atoms with Gasteiger partial charge in [0.1, 0.15) is 11.6 Å². The van der Waals surface area contributed by atoms with Gasteiger partial charge in [0.25, 0.3) is 0 Å². The quantitative estimate of drug-likeness (QED) is 0.492. The average Bonchev–Trinajstić information content (AvgIpc) is 2.47. The van der Waals surface area contributed by atoms with E-state index in [9.17, 15) is 28.7 Å². The van der Waals surface area contributed by atoms with Crippen molar-refractivity contribution < 1.29 is 28.7 Å². The van der Waals surface area contributed by atoms with Gasteiger partial charge in [-0.25, -0.2) is 0 Å². The Morgan fingerprint density at radius 3 is 1.83 bits per heavy atom. The van der Waals surface area contributed by atoms with Crippen LogP contribution in [0.15, 0.2) is 54.9 Å². The highest BCUT2D eigenvalue weighted by atomic mass is 31.2. The predicted octanol–water partition coefficient (Wildman–Crippen LogP) is 1.72. The van der Waals surface area contributed by atoms with E-state index >= 15 is 0 Å². The Labute approximate surface area is 132 Å². The molecule has 0 aliphatic heterocycles. The van der Waals surface area contributed by atoms with Crippen LogP contribution in [0.4, 0.5) is 0 Å². The number of nitrogens with zero attached hydrogens (tertiary/aromatic N) is 1. The van der Waals surface area contributed by atoms with E-state index in [0.29, 0.717) is 0 Å². The molecule has 0 aliphatic carbocycles. The van der Waals surface area contributed by atoms with Crippen molar-refractivity contribution in [2.24, 2.45) is 0 Å². The molecule has 0 fully saturated rings. The van der Waals surface area contributed by atoms with E-state index in [4.69, 9.17) is 0 Å². The molecule has 0 saturated heterocycles. The molecule has 0 amide bonds. The summed E-state index contributed by atoms with van der Waals surface area (Å²) in [6.45, 7) is 0. The van der Waals surface area contributed by atoms with E-state index in [-0.39, 0.29) is 11.1 Å². The van der Waals surface area contributed by atoms with Crippen molar-refractivity contribution in [2.75, 3.05) is 0 Å². The predicted molar refractivity (Wildman–Crippen MR) is 83.4 cm³/mol. The summed E-state index contributed by atoms with van der Waals surface area (Å²) >= 11 is 0. The minimum absolute atomic E-state index is 0.134. The van der Waals surface area contributed by atoms with Crippen LogP contribution in [0, 0.1) is 0 Å². The summed E-state index contributed by atoms with van der Waals surface area (Å²) < 4.78 is 23.6. The van der Waals surface area contributed by atoms with Crippen molar-refractivity contribution in [3.8, 4) is 0 Å². The van der Waals surface area contributed by atoms with Crippen LogP contribution >= 0.6 is 15.2 Å². The summed E-state index contributed by atoms with van der Waals surface area (Å²) in [5.74, 6) is -3.14. The van der Waals surface area contributed by atoms with Crippen LogP contribution in [-0.2, 0) is 9.13 Å². The summed E-state index contributed by atoms with van der Waals surface area (Å²) in [4.78, 5) is 42.0. The molecule has 1 heterocycles. The number of pyridine rings is 1. The van der Waals surface area contributed by atoms with Gasteiger partial charge in [-0.2, -0.15) is 0 Å². The molecule has 0 spiro atoms. The maximum atomic E-state index is 11.8. The van der Waals surface area contributed by atoms with Gasteiger partial charge in [-0.1, -0.05) is 36.4 Å². The van der Waals surface area contributed by atoms with Crippen LogP contribution in [-0.4, -0.2) is 24.6 Å². The maximum absolute atomic E-state index is 11.8. The van der Waals surface area contributed by atoms with Gasteiger partial charge in [0.05, 0.1) is 0 Å². The topological polar surface area (TPSA) is 140 Å². The fourth-order valence-corrected chi connectivity index (χ4v) is 4.00. The van der Waals surface area contributed by atoms with Gasteiger partial charge < -0.3 is 19.6 Å². The largest absolute Gasteiger partial charge is 0.346 e. The van der Waals surface area contributed by atoms with Crippen LogP contribution in [0.25, 0.3) is 0 Å². The van der Waals surface area contributed by atoms with E-state index in [2.05, 4.69) is 10.3 Å². The molecule has 0 radical (unpaired) electrons. The molecule has 2 atom stereocenters. The van der Waals surface area contributed by atoms with Crippen molar-refractivity contribution in [3.05, 3.63) is 66.0 Å². The lowest BCUT2D eigenvalue weighted by molar-refractivity contribution is 0.326. The Balaban J connectivity index is 2.44. The molecule has 8 nitrogen and oxygen atoms in total. The van der Waals surface area contributed by atoms with Gasteiger partial charge >= 0.3 is 15.2 Å². The van der Waals surface area contributed by atoms with Crippen LogP contribution in [0.2, 0.25) is 0 Å². The highest BCUT2D eigenvalue weighted by Crippen LogP contribution is 2.56. The first kappa shape index (κ1) is 18.0. The van der Waals surface area contributed by atoms with E-state index in [1.807, 2.05) is 0 Å². The zero-order valence-electron chi connectivity index (χ0n) is 11.8. The van der Waals surface area contributed by atoms with E-state index in [1.54, 1.807) is 18.2 Å². The number of aromatic nitrogens is 1. The zero-order chi connectivity index (χ0) is 17.1. The molecule has 2 aromatic rings. The lowest BCUT2D eigenvalue weighted by Crippen LogP contribution is -2.27. The third-order valence-electron chi connectivity index (χ3n) is 3.10. The third-order valence-corrected chi connectivity index (χ3v) is 5.34. The van der Waals surface area contributed by atoms with E-state index in [1.165, 1.54) is 36.7 Å². The molecule has 10 heteroatoms. The normalized spacial score (nSPS) is 15.1. The molecule has 124 valence electrons. The lowest BCUT2D eigenvalue weighted by atomic mass is 10.2. The van der Waals surface area contributed by atoms with Crippen molar-refractivity contribution in [1.82, 2.24) is 10.3 Å². The molecule has 0 saturated carbocycles. The molecule has 2 unspecified atom stereocenters. The molecule has 5 N–H and O–H groups in total. The van der Waals surface area contributed by atoms with Crippen LogP contribution < -0.4 is 5.32 Å². The summed E-state index contributed by atoms with van der Waals surface area (Å²) in [6, 6.07) is 10.7. The van der Waals surface area contributed by atoms with Crippen molar-refractivity contribution in [2.45, 2.75) is 11.6 Å². The minimum Gasteiger partial charge on any atom is -0.323 e. The number of rotatable bonds is 6. The van der Waals surface area contributed by atoms with Gasteiger partial charge in [-0.3, -0.25) is 19.4 Å². The van der Waals surface area contributed by atoms with Crippen LogP contribution in [0.5, 0.6) is 0 Å². The molecule has 1 aromatic heterocycles. The van der Waals surface area contributed by atoms with Gasteiger partial charge in [0.15, 0.2) is 0 Å². The van der Waals surface area contributed by atoms with Crippen molar-refractivity contribution in [3.63, 3.8) is 0 Å². The molecule has 2 rings (SSSR count). The second-order valence-corrected chi connectivity index (χ2v) is 8.24. The molecule has 23 heavy (non-hydrogen) atoms. The molecule has 1 aromatic carbocycles. The summed E-state index contributed by atoms with van der Waals surface area (Å²) in [5, 5.41) is 2.40. The summed E-state index contributed by atoms with van der Waals surface area (Å²) in [6.07, 6.45) is 2.66. The Kier molecular flexibility index (Phi) is 5.49.